The topological polar surface area (TPSA) is 606 Å². The summed E-state index contributed by atoms with van der Waals surface area (Å²) in [6.07, 6.45) is -14.1. The van der Waals surface area contributed by atoms with E-state index in [-0.39, 0.29) is 190 Å². The molecule has 0 aliphatic carbocycles. The van der Waals surface area contributed by atoms with Gasteiger partial charge in [0.25, 0.3) is 0 Å². The zero-order valence-electron chi connectivity index (χ0n) is 66.4. The lowest BCUT2D eigenvalue weighted by Gasteiger charge is -2.42. The zero-order chi connectivity index (χ0) is 84.4. The minimum Gasteiger partial charge on any atom is -0.862 e. The summed E-state index contributed by atoms with van der Waals surface area (Å²) < 4.78 is 89.0. The van der Waals surface area contributed by atoms with E-state index in [0.29, 0.717) is 19.3 Å². The molecule has 43 heteroatoms. The molecule has 17 N–H and O–H groups in total. The van der Waals surface area contributed by atoms with Crippen LogP contribution >= 0.6 is 0 Å². The Morgan fingerprint density at radius 3 is 1.18 bits per heavy atom. The van der Waals surface area contributed by atoms with Gasteiger partial charge in [-0.1, -0.05) is 0 Å². The van der Waals surface area contributed by atoms with E-state index in [0.717, 1.165) is 6.92 Å². The molecule has 17 atom stereocenters. The monoisotopic (exact) mass is 1650 g/mol. The van der Waals surface area contributed by atoms with Gasteiger partial charge in [0.15, 0.2) is 18.9 Å². The highest BCUT2D eigenvalue weighted by Gasteiger charge is 2.48. The number of aliphatic hydroxyl groups is 9. The molecule has 0 aromatic heterocycles. The Morgan fingerprint density at radius 2 is 0.798 bits per heavy atom. The van der Waals surface area contributed by atoms with Gasteiger partial charge in [-0.15, -0.1) is 0 Å². The van der Waals surface area contributed by atoms with Crippen molar-refractivity contribution in [2.24, 2.45) is 4.99 Å². The first-order chi connectivity index (χ1) is 54.3. The fourth-order valence-electron chi connectivity index (χ4n) is 11.4. The van der Waals surface area contributed by atoms with Crippen molar-refractivity contribution in [3.8, 4) is 0 Å². The van der Waals surface area contributed by atoms with Crippen LogP contribution in [-0.4, -0.2) is 398 Å². The van der Waals surface area contributed by atoms with Crippen LogP contribution in [0.15, 0.2) is 4.99 Å². The molecule has 0 bridgehead atoms. The van der Waals surface area contributed by atoms with E-state index in [2.05, 4.69) is 42.2 Å². The molecule has 0 aromatic rings. The average Bonchev–Trinajstić information content (AvgIpc) is 0.807. The minimum absolute atomic E-state index is 0.0167. The van der Waals surface area contributed by atoms with Crippen LogP contribution in [0.3, 0.4) is 0 Å². The quantitative estimate of drug-likeness (QED) is 0.0153. The third-order valence-corrected chi connectivity index (χ3v) is 17.5. The van der Waals surface area contributed by atoms with Crippen LogP contribution in [-0.2, 0) is 114 Å². The number of carboxylic acid groups (broad SMARTS) is 1. The molecular formula is C71H127N8O35-. The molecule has 0 radical (unpaired) electrons. The van der Waals surface area contributed by atoms with Gasteiger partial charge in [-0.2, -0.15) is 0 Å². The van der Waals surface area contributed by atoms with Crippen molar-refractivity contribution in [1.82, 2.24) is 37.2 Å². The summed E-state index contributed by atoms with van der Waals surface area (Å²) in [5.74, 6) is -5.46. The number of carboxylic acids is 1. The highest BCUT2D eigenvalue weighted by Crippen LogP contribution is 2.27. The standard InChI is InChI=1S/C71H128N8O35/c1-44(83)74-56-62(94)59(91)49(38-80)112-67(56)108-35-32-102-23-20-99-26-29-105-41-52(86)72-17-10-8-12-47(77-54(88)43-107-31-28-101-22-25-104-34-37-110-69-58(76-46(3)85)64(96)61(93)51(40-82)114-69)65(97)78-48(66(98)79-70(4,5)16-19-111-71(6,7)15-14-55(89)90)13-9-11-18-73-53(87)42-106-30-27-100-21-24-103-33-36-109-68-57(75-45(2)84)63(95)60(92)50(39-81)113-68/h47-51,56-64,67-69,80-82,91-96H,8-43H2,1-7H3,(H,72,86)(H,73,87)(H,74,83)(H,75,84)(H,76,85)(H,77,88)(H,78,97)(H,79,98)(H,89,90)/p-1/t47-,48-,49+,50+,51+,56+,57+,58?,59-,60-,61-,62+,63+,64+,67+,68+,69+/m0/s1. The van der Waals surface area contributed by atoms with E-state index in [4.69, 9.17) is 75.8 Å². The van der Waals surface area contributed by atoms with Crippen LogP contribution in [0.5, 0.6) is 0 Å². The molecule has 114 heavy (non-hydrogen) atoms. The fourth-order valence-corrected chi connectivity index (χ4v) is 11.4. The Balaban J connectivity index is 1.54. The van der Waals surface area contributed by atoms with Crippen molar-refractivity contribution >= 4 is 53.2 Å². The molecule has 43 nitrogen and oxygen atoms in total. The number of aliphatic carboxylic acids is 1. The predicted molar refractivity (Wildman–Crippen MR) is 392 cm³/mol. The number of rotatable bonds is 64. The molecule has 1 unspecified atom stereocenters. The van der Waals surface area contributed by atoms with Crippen molar-refractivity contribution in [3.05, 3.63) is 0 Å². The molecule has 3 aliphatic heterocycles. The third kappa shape index (κ3) is 43.1. The van der Waals surface area contributed by atoms with Gasteiger partial charge in [-0.3, -0.25) is 43.3 Å². The number of amides is 7. The number of nitrogens with zero attached hydrogens (tertiary/aromatic N) is 1. The highest BCUT2D eigenvalue weighted by molar-refractivity contribution is 5.92. The van der Waals surface area contributed by atoms with Gasteiger partial charge in [-0.05, 0) is 91.9 Å². The summed E-state index contributed by atoms with van der Waals surface area (Å²) in [6.45, 7) is 9.31. The smallest absolute Gasteiger partial charge is 0.303 e. The Morgan fingerprint density at radius 1 is 0.439 bits per heavy atom. The number of aliphatic hydroxyl groups excluding tert-OH is 9. The van der Waals surface area contributed by atoms with Gasteiger partial charge in [0.2, 0.25) is 41.4 Å². The van der Waals surface area contributed by atoms with E-state index in [9.17, 15) is 94.5 Å². The lowest BCUT2D eigenvalue weighted by Crippen LogP contribution is -2.64. The van der Waals surface area contributed by atoms with Crippen LogP contribution in [0.4, 0.5) is 0 Å². The normalized spacial score (nSPS) is 24.6. The zero-order valence-corrected chi connectivity index (χ0v) is 66.4. The lowest BCUT2D eigenvalue weighted by molar-refractivity contribution is -0.272. The summed E-state index contributed by atoms with van der Waals surface area (Å²) in [6, 6.07) is -5.85. The van der Waals surface area contributed by atoms with Gasteiger partial charge in [0, 0.05) is 45.5 Å². The summed E-state index contributed by atoms with van der Waals surface area (Å²) >= 11 is 0. The molecule has 3 aliphatic rings. The molecule has 3 saturated heterocycles. The van der Waals surface area contributed by atoms with Gasteiger partial charge in [0.05, 0.1) is 144 Å². The second-order valence-corrected chi connectivity index (χ2v) is 28.2. The molecule has 0 saturated carbocycles. The first kappa shape index (κ1) is 102. The van der Waals surface area contributed by atoms with Crippen molar-refractivity contribution < 1.29 is 170 Å². The average molecular weight is 1650 g/mol. The van der Waals surface area contributed by atoms with Crippen LogP contribution in [0.2, 0.25) is 0 Å². The molecule has 0 aromatic carbocycles. The number of nitrogens with one attached hydrogen (secondary N) is 7. The number of hydrogen-bond acceptors (Lipinski definition) is 35. The lowest BCUT2D eigenvalue weighted by atomic mass is 9.97. The maximum absolute atomic E-state index is 14.4. The van der Waals surface area contributed by atoms with E-state index < -0.39 is 195 Å². The van der Waals surface area contributed by atoms with Crippen LogP contribution in [0, 0.1) is 0 Å². The summed E-state index contributed by atoms with van der Waals surface area (Å²) in [5, 5.41) is 130. The maximum Gasteiger partial charge on any atom is 0.303 e. The number of carbonyl (C=O) groups excluding carboxylic acids is 7. The number of hydrogen-bond donors (Lipinski definition) is 17. The first-order valence-electron chi connectivity index (χ1n) is 38.3. The Labute approximate surface area is 663 Å². The van der Waals surface area contributed by atoms with Crippen molar-refractivity contribution in [2.75, 3.05) is 178 Å². The predicted octanol–water partition coefficient (Wildman–Crippen LogP) is -7.85. The molecule has 7 amide bonds. The Hall–Kier alpha value is -5.77. The van der Waals surface area contributed by atoms with Crippen LogP contribution in [0.25, 0.3) is 0 Å². The van der Waals surface area contributed by atoms with E-state index in [1.54, 1.807) is 27.7 Å². The molecule has 3 fully saturated rings. The fraction of sp³-hybridized carbons (Fsp3) is 0.873. The summed E-state index contributed by atoms with van der Waals surface area (Å²) in [7, 11) is 0. The van der Waals surface area contributed by atoms with Gasteiger partial charge >= 0.3 is 5.97 Å². The van der Waals surface area contributed by atoms with Crippen LogP contribution < -0.4 is 42.3 Å². The summed E-state index contributed by atoms with van der Waals surface area (Å²) in [5.41, 5.74) is -1.71. The van der Waals surface area contributed by atoms with Crippen molar-refractivity contribution in [1.29, 1.82) is 0 Å². The molecule has 0 spiro atoms. The summed E-state index contributed by atoms with van der Waals surface area (Å²) in [4.78, 5) is 106. The number of unbranched alkanes of at least 4 members (excludes halogenated alkanes) is 2. The first-order valence-corrected chi connectivity index (χ1v) is 38.3. The SMILES string of the molecule is CC(=O)N[C@H]1[C@H](OCCOCCOCCOCC(=O)NCCCC[C@H](NC(=O)COCCOCCOCCO[C@@H]2O[C@H](CO)[C@H](O)[C@H](O)C2N=C(C)[O-])C(=O)N[C@@H](CCCCNC(=O)COCCOCCOCCO[C@@H]2O[C@H](CO)[C@H](O)[C@H](O)[C@H]2NC(C)=O)C(=O)NC(C)(C)CCOC(C)(C)CCC(=O)O)O[C@H](CO)[C@H](O)[C@@H]1O. The molecule has 3 heterocycles. The molecule has 662 valence electrons. The number of carbonyl (C=O) groups is 8. The van der Waals surface area contributed by atoms with Crippen LogP contribution in [0.1, 0.15) is 106 Å². The molecular weight excluding hydrogens is 1520 g/mol. The third-order valence-electron chi connectivity index (χ3n) is 17.5. The van der Waals surface area contributed by atoms with Crippen molar-refractivity contribution in [2.45, 2.75) is 221 Å². The van der Waals surface area contributed by atoms with E-state index >= 15 is 0 Å². The minimum atomic E-state index is -1.54. The number of aliphatic imine (C=N–C) groups is 1. The highest BCUT2D eigenvalue weighted by atomic mass is 16.7. The Kier molecular flexibility index (Phi) is 52.3. The van der Waals surface area contributed by atoms with Crippen molar-refractivity contribution in [3.63, 3.8) is 0 Å². The van der Waals surface area contributed by atoms with E-state index in [1.165, 1.54) is 13.8 Å². The van der Waals surface area contributed by atoms with E-state index in [1.807, 2.05) is 0 Å². The number of ether oxygens (including phenoxy) is 16. The maximum atomic E-state index is 14.4. The second kappa shape index (κ2) is 58.2. The van der Waals surface area contributed by atoms with Gasteiger partial charge < -0.3 is 169 Å². The molecule has 3 rings (SSSR count). The van der Waals surface area contributed by atoms with Gasteiger partial charge in [0.1, 0.15) is 105 Å². The van der Waals surface area contributed by atoms with Gasteiger partial charge in [-0.25, -0.2) is 0 Å². The second-order valence-electron chi connectivity index (χ2n) is 28.2. The Bertz CT molecular complexity index is 2750. The largest absolute Gasteiger partial charge is 0.862 e.